The number of rotatable bonds is 5. The molecule has 1 aromatic heterocycles. The predicted octanol–water partition coefficient (Wildman–Crippen LogP) is 1.32. The van der Waals surface area contributed by atoms with Gasteiger partial charge in [0.15, 0.2) is 0 Å². The third-order valence-corrected chi connectivity index (χ3v) is 3.41. The van der Waals surface area contributed by atoms with Gasteiger partial charge in [0, 0.05) is 12.6 Å². The van der Waals surface area contributed by atoms with E-state index in [4.69, 9.17) is 0 Å². The highest BCUT2D eigenvalue weighted by Gasteiger charge is 2.25. The van der Waals surface area contributed by atoms with Crippen molar-refractivity contribution < 1.29 is 4.92 Å². The number of hydrogen-bond donors (Lipinski definition) is 2. The lowest BCUT2D eigenvalue weighted by Crippen LogP contribution is -2.37. The molecule has 20 heavy (non-hydrogen) atoms. The fourth-order valence-electron chi connectivity index (χ4n) is 2.30. The van der Waals surface area contributed by atoms with Gasteiger partial charge in [0.05, 0.1) is 4.92 Å². The van der Waals surface area contributed by atoms with Gasteiger partial charge in [0.1, 0.15) is 6.33 Å². The minimum Gasteiger partial charge on any atom is -0.364 e. The second-order valence-corrected chi connectivity index (χ2v) is 4.93. The normalized spacial score (nSPS) is 16.9. The maximum absolute atomic E-state index is 11.2. The molecule has 0 aliphatic carbocycles. The summed E-state index contributed by atoms with van der Waals surface area (Å²) in [6.45, 7) is 4.41. The number of piperidine rings is 1. The van der Waals surface area contributed by atoms with Crippen LogP contribution in [0.3, 0.4) is 0 Å². The number of hydrogen-bond acceptors (Lipinski definition) is 7. The van der Waals surface area contributed by atoms with Crippen molar-refractivity contribution in [1.82, 2.24) is 14.9 Å². The van der Waals surface area contributed by atoms with Crippen molar-refractivity contribution in [3.05, 3.63) is 16.4 Å². The van der Waals surface area contributed by atoms with Gasteiger partial charge in [-0.1, -0.05) is 0 Å². The third-order valence-electron chi connectivity index (χ3n) is 3.41. The summed E-state index contributed by atoms with van der Waals surface area (Å²) in [5, 5.41) is 17.3. The summed E-state index contributed by atoms with van der Waals surface area (Å²) in [5.74, 6) is 0.568. The minimum atomic E-state index is -0.435. The van der Waals surface area contributed by atoms with Crippen molar-refractivity contribution in [2.45, 2.75) is 25.8 Å². The van der Waals surface area contributed by atoms with Crippen molar-refractivity contribution in [2.24, 2.45) is 0 Å². The molecule has 2 rings (SSSR count). The molecule has 0 radical (unpaired) electrons. The molecular formula is C12H20N6O2. The molecule has 1 fully saturated rings. The molecule has 1 aliphatic heterocycles. The van der Waals surface area contributed by atoms with Gasteiger partial charge in [0.2, 0.25) is 11.6 Å². The summed E-state index contributed by atoms with van der Waals surface area (Å²) in [7, 11) is 2.08. The molecule has 1 aliphatic rings. The standard InChI is InChI=1S/C12H20N6O2/c1-3-13-11-10(18(19)20)12(15-8-14-11)16-9-4-6-17(2)7-5-9/h8-9H,3-7H2,1-2H3,(H2,13,14,15,16). The first kappa shape index (κ1) is 14.4. The van der Waals surface area contributed by atoms with E-state index >= 15 is 0 Å². The first-order chi connectivity index (χ1) is 9.61. The topological polar surface area (TPSA) is 96.2 Å². The smallest absolute Gasteiger partial charge is 0.353 e. The molecule has 0 unspecified atom stereocenters. The Labute approximate surface area is 117 Å². The van der Waals surface area contributed by atoms with Crippen LogP contribution in [0.4, 0.5) is 17.3 Å². The number of nitro groups is 1. The van der Waals surface area contributed by atoms with E-state index in [2.05, 4.69) is 32.5 Å². The summed E-state index contributed by atoms with van der Waals surface area (Å²) < 4.78 is 0. The SMILES string of the molecule is CCNc1ncnc(NC2CCN(C)CC2)c1[N+](=O)[O-]. The minimum absolute atomic E-state index is 0.0757. The maximum atomic E-state index is 11.2. The number of anilines is 2. The molecule has 0 aromatic carbocycles. The summed E-state index contributed by atoms with van der Waals surface area (Å²) >= 11 is 0. The molecule has 2 N–H and O–H groups in total. The van der Waals surface area contributed by atoms with Crippen LogP contribution in [0.25, 0.3) is 0 Å². The highest BCUT2D eigenvalue weighted by atomic mass is 16.6. The van der Waals surface area contributed by atoms with E-state index in [9.17, 15) is 10.1 Å². The summed E-state index contributed by atoms with van der Waals surface area (Å²) in [6, 6.07) is 0.217. The Balaban J connectivity index is 2.18. The van der Waals surface area contributed by atoms with Crippen molar-refractivity contribution in [3.8, 4) is 0 Å². The molecule has 8 heteroatoms. The summed E-state index contributed by atoms with van der Waals surface area (Å²) in [6.07, 6.45) is 3.25. The quantitative estimate of drug-likeness (QED) is 0.620. The lowest BCUT2D eigenvalue weighted by molar-refractivity contribution is -0.383. The van der Waals surface area contributed by atoms with Crippen LogP contribution in [-0.4, -0.2) is 52.5 Å². The molecule has 8 nitrogen and oxygen atoms in total. The monoisotopic (exact) mass is 280 g/mol. The number of nitrogens with one attached hydrogen (secondary N) is 2. The molecule has 2 heterocycles. The average Bonchev–Trinajstić information content (AvgIpc) is 2.41. The van der Waals surface area contributed by atoms with Gasteiger partial charge < -0.3 is 15.5 Å². The Hall–Kier alpha value is -1.96. The van der Waals surface area contributed by atoms with Crippen LogP contribution in [-0.2, 0) is 0 Å². The van der Waals surface area contributed by atoms with Gasteiger partial charge in [-0.15, -0.1) is 0 Å². The van der Waals surface area contributed by atoms with Crippen LogP contribution in [0, 0.1) is 10.1 Å². The van der Waals surface area contributed by atoms with Crippen LogP contribution in [0.5, 0.6) is 0 Å². The first-order valence-electron chi connectivity index (χ1n) is 6.80. The summed E-state index contributed by atoms with van der Waals surface area (Å²) in [4.78, 5) is 21.0. The largest absolute Gasteiger partial charge is 0.364 e. The zero-order valence-corrected chi connectivity index (χ0v) is 11.8. The van der Waals surface area contributed by atoms with E-state index in [1.165, 1.54) is 6.33 Å². The Bertz CT molecular complexity index is 473. The molecule has 1 saturated heterocycles. The second kappa shape index (κ2) is 6.47. The first-order valence-corrected chi connectivity index (χ1v) is 6.80. The number of likely N-dealkylation sites (tertiary alicyclic amines) is 1. The highest BCUT2D eigenvalue weighted by Crippen LogP contribution is 2.30. The number of aromatic nitrogens is 2. The molecule has 0 spiro atoms. The van der Waals surface area contributed by atoms with Crippen molar-refractivity contribution in [1.29, 1.82) is 0 Å². The van der Waals surface area contributed by atoms with Gasteiger partial charge in [-0.3, -0.25) is 10.1 Å². The lowest BCUT2D eigenvalue weighted by atomic mass is 10.1. The molecule has 0 atom stereocenters. The molecule has 0 saturated carbocycles. The van der Waals surface area contributed by atoms with E-state index in [1.807, 2.05) is 6.92 Å². The fourth-order valence-corrected chi connectivity index (χ4v) is 2.30. The fraction of sp³-hybridized carbons (Fsp3) is 0.667. The van der Waals surface area contributed by atoms with Crippen LogP contribution < -0.4 is 10.6 Å². The van der Waals surface area contributed by atoms with E-state index in [0.717, 1.165) is 25.9 Å². The zero-order valence-electron chi connectivity index (χ0n) is 11.8. The predicted molar refractivity (Wildman–Crippen MR) is 77.0 cm³/mol. The van der Waals surface area contributed by atoms with E-state index in [1.54, 1.807) is 0 Å². The summed E-state index contributed by atoms with van der Waals surface area (Å²) in [5.41, 5.74) is -0.0757. The highest BCUT2D eigenvalue weighted by molar-refractivity contribution is 5.69. The third kappa shape index (κ3) is 3.32. The van der Waals surface area contributed by atoms with Crippen LogP contribution in [0.1, 0.15) is 19.8 Å². The van der Waals surface area contributed by atoms with Crippen molar-refractivity contribution in [2.75, 3.05) is 37.3 Å². The van der Waals surface area contributed by atoms with E-state index < -0.39 is 4.92 Å². The second-order valence-electron chi connectivity index (χ2n) is 4.93. The average molecular weight is 280 g/mol. The van der Waals surface area contributed by atoms with E-state index in [-0.39, 0.29) is 17.5 Å². The molecule has 0 amide bonds. The van der Waals surface area contributed by atoms with Gasteiger partial charge >= 0.3 is 5.69 Å². The van der Waals surface area contributed by atoms with Crippen molar-refractivity contribution >= 4 is 17.3 Å². The van der Waals surface area contributed by atoms with Crippen LogP contribution >= 0.6 is 0 Å². The Kier molecular flexibility index (Phi) is 4.67. The van der Waals surface area contributed by atoms with Gasteiger partial charge in [-0.2, -0.15) is 0 Å². The molecule has 0 bridgehead atoms. The Morgan fingerprint density at radius 3 is 2.65 bits per heavy atom. The molecule has 1 aromatic rings. The van der Waals surface area contributed by atoms with Crippen LogP contribution in [0.15, 0.2) is 6.33 Å². The van der Waals surface area contributed by atoms with Crippen LogP contribution in [0.2, 0.25) is 0 Å². The lowest BCUT2D eigenvalue weighted by Gasteiger charge is -2.29. The number of nitrogens with zero attached hydrogens (tertiary/aromatic N) is 4. The van der Waals surface area contributed by atoms with Crippen molar-refractivity contribution in [3.63, 3.8) is 0 Å². The zero-order chi connectivity index (χ0) is 14.5. The molecule has 110 valence electrons. The van der Waals surface area contributed by atoms with Gasteiger partial charge in [-0.05, 0) is 39.9 Å². The molecular weight excluding hydrogens is 260 g/mol. The Morgan fingerprint density at radius 1 is 1.40 bits per heavy atom. The maximum Gasteiger partial charge on any atom is 0.353 e. The Morgan fingerprint density at radius 2 is 2.05 bits per heavy atom. The van der Waals surface area contributed by atoms with Gasteiger partial charge in [-0.25, -0.2) is 9.97 Å². The van der Waals surface area contributed by atoms with Gasteiger partial charge in [0.25, 0.3) is 0 Å². The van der Waals surface area contributed by atoms with E-state index in [0.29, 0.717) is 12.4 Å².